The van der Waals surface area contributed by atoms with Crippen LogP contribution in [0.1, 0.15) is 22.8 Å². The fourth-order valence-corrected chi connectivity index (χ4v) is 2.44. The van der Waals surface area contributed by atoms with Gasteiger partial charge in [-0.25, -0.2) is 4.79 Å². The summed E-state index contributed by atoms with van der Waals surface area (Å²) >= 11 is 5.93. The number of carbonyl (C=O) groups is 2. The largest absolute Gasteiger partial charge is 0.449 e. The summed E-state index contributed by atoms with van der Waals surface area (Å²) in [6, 6.07) is 8.13. The first-order valence-electron chi connectivity index (χ1n) is 7.81. The minimum absolute atomic E-state index is 0.198. The number of nitrogens with one attached hydrogen (secondary N) is 1. The molecule has 0 spiro atoms. The fraction of sp³-hybridized carbons (Fsp3) is 0.176. The Kier molecular flexibility index (Phi) is 6.26. The Morgan fingerprint density at radius 1 is 1.11 bits per heavy atom. The van der Waals surface area contributed by atoms with E-state index in [4.69, 9.17) is 16.3 Å². The Balaban J connectivity index is 2.22. The molecule has 1 N–H and O–H groups in total. The minimum atomic E-state index is -1.29. The van der Waals surface area contributed by atoms with Crippen molar-refractivity contribution in [2.75, 3.05) is 5.32 Å². The molecule has 0 aromatic heterocycles. The Bertz CT molecular complexity index is 942. The van der Waals surface area contributed by atoms with Gasteiger partial charge in [0.2, 0.25) is 0 Å². The van der Waals surface area contributed by atoms with Crippen molar-refractivity contribution in [1.29, 1.82) is 0 Å². The van der Waals surface area contributed by atoms with Gasteiger partial charge in [-0.1, -0.05) is 23.7 Å². The number of hydrogen-bond donors (Lipinski definition) is 1. The lowest BCUT2D eigenvalue weighted by Crippen LogP contribution is -2.30. The number of benzene rings is 2. The van der Waals surface area contributed by atoms with Gasteiger partial charge in [-0.05, 0) is 26.0 Å². The molecule has 2 aromatic rings. The van der Waals surface area contributed by atoms with Gasteiger partial charge in [0, 0.05) is 12.1 Å². The van der Waals surface area contributed by atoms with Gasteiger partial charge in [-0.2, -0.15) is 0 Å². The van der Waals surface area contributed by atoms with Gasteiger partial charge in [0.1, 0.15) is 5.56 Å². The summed E-state index contributed by atoms with van der Waals surface area (Å²) in [6.07, 6.45) is -1.29. The lowest BCUT2D eigenvalue weighted by Gasteiger charge is -2.14. The lowest BCUT2D eigenvalue weighted by molar-refractivity contribution is -0.395. The molecule has 0 radical (unpaired) electrons. The van der Waals surface area contributed by atoms with Gasteiger partial charge < -0.3 is 10.1 Å². The van der Waals surface area contributed by atoms with Gasteiger partial charge in [0.05, 0.1) is 26.1 Å². The molecule has 11 heteroatoms. The molecule has 1 amide bonds. The van der Waals surface area contributed by atoms with Crippen LogP contribution in [0.3, 0.4) is 0 Å². The van der Waals surface area contributed by atoms with Crippen molar-refractivity contribution in [3.05, 3.63) is 72.8 Å². The van der Waals surface area contributed by atoms with E-state index >= 15 is 0 Å². The number of nitrogens with zero attached hydrogens (tertiary/aromatic N) is 2. The third kappa shape index (κ3) is 4.60. The number of para-hydroxylation sites is 1. The molecule has 0 fully saturated rings. The molecule has 0 aliphatic rings. The number of nitro benzene ring substituents is 2. The maximum Gasteiger partial charge on any atom is 0.339 e. The smallest absolute Gasteiger partial charge is 0.339 e. The Labute approximate surface area is 163 Å². The van der Waals surface area contributed by atoms with Crippen LogP contribution in [-0.4, -0.2) is 27.8 Å². The van der Waals surface area contributed by atoms with E-state index in [1.54, 1.807) is 24.3 Å². The van der Waals surface area contributed by atoms with Crippen LogP contribution in [0, 0.1) is 27.2 Å². The molecule has 0 aliphatic heterocycles. The normalized spacial score (nSPS) is 11.4. The quantitative estimate of drug-likeness (QED) is 0.437. The highest BCUT2D eigenvalue weighted by atomic mass is 35.5. The van der Waals surface area contributed by atoms with Crippen LogP contribution in [0.2, 0.25) is 5.02 Å². The summed E-state index contributed by atoms with van der Waals surface area (Å²) in [7, 11) is 0. The SMILES string of the molecule is Cc1c([N+](=O)[O-])cc(C(=O)O[C@@H](C)C(=O)Nc2ccccc2Cl)cc1[N+](=O)[O-]. The van der Waals surface area contributed by atoms with Crippen LogP contribution in [0.4, 0.5) is 17.1 Å². The number of nitro groups is 2. The van der Waals surface area contributed by atoms with Crippen molar-refractivity contribution >= 4 is 40.5 Å². The summed E-state index contributed by atoms with van der Waals surface area (Å²) in [5, 5.41) is 24.9. The van der Waals surface area contributed by atoms with Crippen LogP contribution in [0.25, 0.3) is 0 Å². The van der Waals surface area contributed by atoms with E-state index in [2.05, 4.69) is 5.32 Å². The van der Waals surface area contributed by atoms with Crippen molar-refractivity contribution < 1.29 is 24.2 Å². The highest BCUT2D eigenvalue weighted by Gasteiger charge is 2.27. The van der Waals surface area contributed by atoms with Gasteiger partial charge in [-0.15, -0.1) is 0 Å². The van der Waals surface area contributed by atoms with E-state index in [0.29, 0.717) is 5.69 Å². The summed E-state index contributed by atoms with van der Waals surface area (Å²) in [5.74, 6) is -1.81. The number of hydrogen-bond acceptors (Lipinski definition) is 7. The zero-order valence-corrected chi connectivity index (χ0v) is 15.4. The maximum absolute atomic E-state index is 12.3. The first kappa shape index (κ1) is 20.8. The molecule has 146 valence electrons. The van der Waals surface area contributed by atoms with Crippen LogP contribution < -0.4 is 5.32 Å². The monoisotopic (exact) mass is 407 g/mol. The molecule has 0 heterocycles. The third-order valence-corrected chi connectivity index (χ3v) is 4.10. The van der Waals surface area contributed by atoms with E-state index < -0.39 is 44.8 Å². The van der Waals surface area contributed by atoms with Gasteiger partial charge in [-0.3, -0.25) is 25.0 Å². The molecule has 1 atom stereocenters. The first-order chi connectivity index (χ1) is 13.1. The van der Waals surface area contributed by atoms with Crippen molar-refractivity contribution in [3.8, 4) is 0 Å². The number of esters is 1. The van der Waals surface area contributed by atoms with Crippen LogP contribution in [-0.2, 0) is 9.53 Å². The van der Waals surface area contributed by atoms with Crippen molar-refractivity contribution in [1.82, 2.24) is 0 Å². The predicted molar refractivity (Wildman–Crippen MR) is 99.4 cm³/mol. The second kappa shape index (κ2) is 8.44. The Morgan fingerprint density at radius 2 is 1.64 bits per heavy atom. The number of rotatable bonds is 6. The minimum Gasteiger partial charge on any atom is -0.449 e. The van der Waals surface area contributed by atoms with Crippen molar-refractivity contribution in [2.24, 2.45) is 0 Å². The average Bonchev–Trinajstić information content (AvgIpc) is 2.63. The molecule has 0 aliphatic carbocycles. The van der Waals surface area contributed by atoms with E-state index in [1.165, 1.54) is 13.8 Å². The number of anilines is 1. The standard InChI is InChI=1S/C17H14ClN3O7/c1-9-14(20(24)25)7-11(8-15(9)21(26)27)17(23)28-10(2)16(22)19-13-6-4-3-5-12(13)18/h3-8,10H,1-2H3,(H,19,22)/t10-/m0/s1. The zero-order valence-electron chi connectivity index (χ0n) is 14.7. The Morgan fingerprint density at radius 3 is 2.14 bits per heavy atom. The highest BCUT2D eigenvalue weighted by Crippen LogP contribution is 2.30. The molecular weight excluding hydrogens is 394 g/mol. The summed E-state index contributed by atoms with van der Waals surface area (Å²) in [4.78, 5) is 44.9. The van der Waals surface area contributed by atoms with Gasteiger partial charge >= 0.3 is 5.97 Å². The second-order valence-electron chi connectivity index (χ2n) is 5.67. The van der Waals surface area contributed by atoms with Crippen LogP contribution >= 0.6 is 11.6 Å². The van der Waals surface area contributed by atoms with Crippen molar-refractivity contribution in [3.63, 3.8) is 0 Å². The number of carbonyl (C=O) groups excluding carboxylic acids is 2. The number of amides is 1. The highest BCUT2D eigenvalue weighted by molar-refractivity contribution is 6.33. The first-order valence-corrected chi connectivity index (χ1v) is 8.19. The number of halogens is 1. The molecule has 28 heavy (non-hydrogen) atoms. The molecule has 2 rings (SSSR count). The predicted octanol–water partition coefficient (Wildman–Crippen LogP) is 3.65. The van der Waals surface area contributed by atoms with Crippen LogP contribution in [0.15, 0.2) is 36.4 Å². The van der Waals surface area contributed by atoms with E-state index in [9.17, 15) is 29.8 Å². The summed E-state index contributed by atoms with van der Waals surface area (Å²) in [5.41, 5.74) is -1.51. The number of ether oxygens (including phenoxy) is 1. The average molecular weight is 408 g/mol. The summed E-state index contributed by atoms with van der Waals surface area (Å²) in [6.45, 7) is 2.48. The zero-order chi connectivity index (χ0) is 21.0. The fourth-order valence-electron chi connectivity index (χ4n) is 2.26. The molecule has 0 bridgehead atoms. The molecule has 0 saturated carbocycles. The topological polar surface area (TPSA) is 142 Å². The van der Waals surface area contributed by atoms with E-state index in [-0.39, 0.29) is 10.6 Å². The molecule has 0 unspecified atom stereocenters. The maximum atomic E-state index is 12.3. The van der Waals surface area contributed by atoms with Gasteiger partial charge in [0.15, 0.2) is 6.10 Å². The van der Waals surface area contributed by atoms with Gasteiger partial charge in [0.25, 0.3) is 17.3 Å². The van der Waals surface area contributed by atoms with Crippen LogP contribution in [0.5, 0.6) is 0 Å². The summed E-state index contributed by atoms with van der Waals surface area (Å²) < 4.78 is 4.98. The third-order valence-electron chi connectivity index (χ3n) is 3.77. The molecule has 2 aromatic carbocycles. The van der Waals surface area contributed by atoms with Crippen molar-refractivity contribution in [2.45, 2.75) is 20.0 Å². The second-order valence-corrected chi connectivity index (χ2v) is 6.08. The van der Waals surface area contributed by atoms with E-state index in [0.717, 1.165) is 12.1 Å². The lowest BCUT2D eigenvalue weighted by atomic mass is 10.1. The molecule has 10 nitrogen and oxygen atoms in total. The molecule has 0 saturated heterocycles. The molecular formula is C17H14ClN3O7. The Hall–Kier alpha value is -3.53. The van der Waals surface area contributed by atoms with E-state index in [1.807, 2.05) is 0 Å².